The fraction of sp³-hybridized carbons (Fsp3) is 0.286. The predicted octanol–water partition coefficient (Wildman–Crippen LogP) is -0.775. The van der Waals surface area contributed by atoms with Gasteiger partial charge in [0, 0.05) is 6.54 Å². The van der Waals surface area contributed by atoms with E-state index in [-0.39, 0.29) is 5.69 Å². The van der Waals surface area contributed by atoms with E-state index in [2.05, 4.69) is 15.3 Å². The summed E-state index contributed by atoms with van der Waals surface area (Å²) in [6, 6.07) is 0. The molecule has 0 unspecified atom stereocenters. The molecule has 70 valence electrons. The van der Waals surface area contributed by atoms with Crippen LogP contribution in [-0.4, -0.2) is 27.5 Å². The number of hydrogen-bond acceptors (Lipinski definition) is 4. The van der Waals surface area contributed by atoms with Gasteiger partial charge in [0.1, 0.15) is 0 Å². The molecule has 0 radical (unpaired) electrons. The third-order valence-corrected chi connectivity index (χ3v) is 1.38. The molecule has 0 aliphatic rings. The molecule has 6 nitrogen and oxygen atoms in total. The number of aromatic amines is 1. The minimum Gasteiger partial charge on any atom is -0.501 e. The van der Waals surface area contributed by atoms with Crippen molar-refractivity contribution in [3.8, 4) is 5.75 Å². The number of aromatic hydroxyl groups is 1. The Morgan fingerprint density at radius 3 is 3.08 bits per heavy atom. The molecule has 0 aliphatic heterocycles. The zero-order chi connectivity index (χ0) is 9.84. The van der Waals surface area contributed by atoms with E-state index in [4.69, 9.17) is 5.11 Å². The van der Waals surface area contributed by atoms with Crippen LogP contribution in [0.5, 0.6) is 5.75 Å². The highest BCUT2D eigenvalue weighted by Crippen LogP contribution is 2.04. The van der Waals surface area contributed by atoms with E-state index in [9.17, 15) is 9.59 Å². The Labute approximate surface area is 73.6 Å². The Morgan fingerprint density at radius 1 is 1.77 bits per heavy atom. The second-order valence-corrected chi connectivity index (χ2v) is 2.29. The molecule has 0 spiro atoms. The Morgan fingerprint density at radius 2 is 2.46 bits per heavy atom. The summed E-state index contributed by atoms with van der Waals surface area (Å²) in [6.45, 7) is 2.13. The molecule has 0 bridgehead atoms. The lowest BCUT2D eigenvalue weighted by molar-refractivity contribution is 0.0947. The first-order chi connectivity index (χ1) is 6.16. The first kappa shape index (κ1) is 9.24. The highest BCUT2D eigenvalue weighted by atomic mass is 16.3. The second-order valence-electron chi connectivity index (χ2n) is 2.29. The first-order valence-electron chi connectivity index (χ1n) is 3.71. The number of hydrogen-bond donors (Lipinski definition) is 3. The normalized spacial score (nSPS) is 9.62. The lowest BCUT2D eigenvalue weighted by Crippen LogP contribution is -2.25. The molecule has 0 fully saturated rings. The molecule has 1 rings (SSSR count). The number of nitrogens with zero attached hydrogens (tertiary/aromatic N) is 1. The summed E-state index contributed by atoms with van der Waals surface area (Å²) in [7, 11) is 0. The van der Waals surface area contributed by atoms with Crippen LogP contribution in [0.1, 0.15) is 17.4 Å². The van der Waals surface area contributed by atoms with Crippen LogP contribution in [0, 0.1) is 0 Å². The van der Waals surface area contributed by atoms with Crippen molar-refractivity contribution in [2.75, 3.05) is 6.54 Å². The summed E-state index contributed by atoms with van der Waals surface area (Å²) in [5.74, 6) is -1.22. The molecular weight excluding hydrogens is 174 g/mol. The van der Waals surface area contributed by atoms with Crippen molar-refractivity contribution < 1.29 is 9.90 Å². The van der Waals surface area contributed by atoms with Crippen molar-refractivity contribution in [1.29, 1.82) is 0 Å². The molecule has 13 heavy (non-hydrogen) atoms. The molecule has 6 heteroatoms. The number of amides is 1. The molecule has 1 amide bonds. The van der Waals surface area contributed by atoms with Gasteiger partial charge in [-0.2, -0.15) is 0 Å². The quantitative estimate of drug-likeness (QED) is 0.560. The predicted molar refractivity (Wildman–Crippen MR) is 44.5 cm³/mol. The molecule has 0 saturated heterocycles. The molecule has 3 N–H and O–H groups in total. The Hall–Kier alpha value is -1.85. The monoisotopic (exact) mass is 183 g/mol. The Bertz CT molecular complexity index is 371. The second kappa shape index (κ2) is 3.70. The lowest BCUT2D eigenvalue weighted by atomic mass is 10.3. The molecule has 1 aromatic rings. The van der Waals surface area contributed by atoms with Gasteiger partial charge in [-0.05, 0) is 6.92 Å². The lowest BCUT2D eigenvalue weighted by Gasteiger charge is -2.01. The van der Waals surface area contributed by atoms with Crippen molar-refractivity contribution in [2.24, 2.45) is 0 Å². The van der Waals surface area contributed by atoms with Crippen molar-refractivity contribution in [3.05, 3.63) is 22.4 Å². The van der Waals surface area contributed by atoms with E-state index in [1.165, 1.54) is 0 Å². The third kappa shape index (κ3) is 1.84. The van der Waals surface area contributed by atoms with Gasteiger partial charge >= 0.3 is 0 Å². The van der Waals surface area contributed by atoms with Crippen LogP contribution in [0.15, 0.2) is 11.1 Å². The molecule has 0 saturated carbocycles. The summed E-state index contributed by atoms with van der Waals surface area (Å²) < 4.78 is 0. The van der Waals surface area contributed by atoms with Gasteiger partial charge in [-0.3, -0.25) is 9.59 Å². The van der Waals surface area contributed by atoms with Gasteiger partial charge in [-0.15, -0.1) is 0 Å². The maximum atomic E-state index is 11.1. The number of carbonyl (C=O) groups excluding carboxylic acids is 1. The highest BCUT2D eigenvalue weighted by molar-refractivity contribution is 5.94. The van der Waals surface area contributed by atoms with Gasteiger partial charge in [0.25, 0.3) is 11.5 Å². The van der Waals surface area contributed by atoms with Crippen molar-refractivity contribution in [2.45, 2.75) is 6.92 Å². The number of carbonyl (C=O) groups is 1. The zero-order valence-electron chi connectivity index (χ0n) is 7.00. The van der Waals surface area contributed by atoms with Gasteiger partial charge in [0.05, 0.1) is 6.33 Å². The molecule has 0 atom stereocenters. The van der Waals surface area contributed by atoms with Crippen LogP contribution < -0.4 is 10.9 Å². The fourth-order valence-corrected chi connectivity index (χ4v) is 0.803. The SMILES string of the molecule is CCNC(=O)c1nc[nH]c(=O)c1O. The smallest absolute Gasteiger partial charge is 0.293 e. The Kier molecular flexibility index (Phi) is 2.63. The average Bonchev–Trinajstić information content (AvgIpc) is 2.10. The van der Waals surface area contributed by atoms with Crippen LogP contribution in [0.3, 0.4) is 0 Å². The van der Waals surface area contributed by atoms with E-state index in [1.807, 2.05) is 0 Å². The minimum absolute atomic E-state index is 0.259. The van der Waals surface area contributed by atoms with E-state index in [0.717, 1.165) is 6.33 Å². The maximum Gasteiger partial charge on any atom is 0.293 e. The van der Waals surface area contributed by atoms with Gasteiger partial charge in [-0.25, -0.2) is 4.98 Å². The minimum atomic E-state index is -0.726. The van der Waals surface area contributed by atoms with Crippen molar-refractivity contribution in [1.82, 2.24) is 15.3 Å². The van der Waals surface area contributed by atoms with E-state index < -0.39 is 17.2 Å². The summed E-state index contributed by atoms with van der Waals surface area (Å²) >= 11 is 0. The van der Waals surface area contributed by atoms with Crippen molar-refractivity contribution in [3.63, 3.8) is 0 Å². The summed E-state index contributed by atoms with van der Waals surface area (Å²) in [5, 5.41) is 11.5. The Balaban J connectivity index is 3.08. The molecule has 0 aliphatic carbocycles. The molecule has 0 aromatic carbocycles. The standard InChI is InChI=1S/C7H9N3O3/c1-2-8-6(12)4-5(11)7(13)10-3-9-4/h3,11H,2H2,1H3,(H,8,12)(H,9,10,13). The summed E-state index contributed by atoms with van der Waals surface area (Å²) in [6.07, 6.45) is 1.06. The summed E-state index contributed by atoms with van der Waals surface area (Å²) in [5.41, 5.74) is -0.984. The highest BCUT2D eigenvalue weighted by Gasteiger charge is 2.13. The van der Waals surface area contributed by atoms with E-state index >= 15 is 0 Å². The number of nitrogens with one attached hydrogen (secondary N) is 2. The van der Waals surface area contributed by atoms with Crippen LogP contribution in [0.25, 0.3) is 0 Å². The van der Waals surface area contributed by atoms with Crippen molar-refractivity contribution >= 4 is 5.91 Å². The number of H-pyrrole nitrogens is 1. The first-order valence-corrected chi connectivity index (χ1v) is 3.71. The van der Waals surface area contributed by atoms with Gasteiger partial charge in [0.2, 0.25) is 5.75 Å². The molecular formula is C7H9N3O3. The largest absolute Gasteiger partial charge is 0.501 e. The van der Waals surface area contributed by atoms with Crippen LogP contribution >= 0.6 is 0 Å². The maximum absolute atomic E-state index is 11.1. The van der Waals surface area contributed by atoms with Gasteiger partial charge in [-0.1, -0.05) is 0 Å². The molecule has 1 heterocycles. The summed E-state index contributed by atoms with van der Waals surface area (Å²) in [4.78, 5) is 27.6. The third-order valence-electron chi connectivity index (χ3n) is 1.38. The molecule has 1 aromatic heterocycles. The topological polar surface area (TPSA) is 95.1 Å². The fourth-order valence-electron chi connectivity index (χ4n) is 0.803. The van der Waals surface area contributed by atoms with Crippen LogP contribution in [0.4, 0.5) is 0 Å². The van der Waals surface area contributed by atoms with Crippen LogP contribution in [-0.2, 0) is 0 Å². The van der Waals surface area contributed by atoms with Crippen LogP contribution in [0.2, 0.25) is 0 Å². The van der Waals surface area contributed by atoms with Gasteiger partial charge < -0.3 is 15.4 Å². The average molecular weight is 183 g/mol. The number of rotatable bonds is 2. The number of aromatic nitrogens is 2. The van der Waals surface area contributed by atoms with E-state index in [1.54, 1.807) is 6.92 Å². The zero-order valence-corrected chi connectivity index (χ0v) is 7.00. The van der Waals surface area contributed by atoms with E-state index in [0.29, 0.717) is 6.54 Å². The van der Waals surface area contributed by atoms with Gasteiger partial charge in [0.15, 0.2) is 5.69 Å².